The number of benzene rings is 1. The zero-order chi connectivity index (χ0) is 15.7. The van der Waals surface area contributed by atoms with Crippen molar-refractivity contribution in [2.75, 3.05) is 13.1 Å². The molecule has 2 aromatic rings. The standard InChI is InChI=1S/C14H16N4O3S/c1-11(19)12-2-4-14(5-3-12)22(20,21)17-9-6-13(10-17)18-15-7-8-16-18/h2-5,7-8,13H,6,9-10H2,1H3. The van der Waals surface area contributed by atoms with Gasteiger partial charge in [-0.15, -0.1) is 0 Å². The number of nitrogens with zero attached hydrogens (tertiary/aromatic N) is 4. The molecule has 7 nitrogen and oxygen atoms in total. The highest BCUT2D eigenvalue weighted by Gasteiger charge is 2.34. The Morgan fingerprint density at radius 2 is 1.82 bits per heavy atom. The Balaban J connectivity index is 1.80. The van der Waals surface area contributed by atoms with Crippen molar-refractivity contribution in [1.82, 2.24) is 19.3 Å². The van der Waals surface area contributed by atoms with Crippen LogP contribution in [0.25, 0.3) is 0 Å². The summed E-state index contributed by atoms with van der Waals surface area (Å²) < 4.78 is 26.7. The molecule has 0 amide bonds. The molecule has 1 aromatic heterocycles. The minimum atomic E-state index is -3.55. The molecule has 1 atom stereocenters. The molecule has 0 N–H and O–H groups in total. The van der Waals surface area contributed by atoms with Crippen LogP contribution < -0.4 is 0 Å². The maximum atomic E-state index is 12.6. The molecule has 3 rings (SSSR count). The Labute approximate surface area is 128 Å². The molecule has 8 heteroatoms. The average Bonchev–Trinajstić information content (AvgIpc) is 3.18. The van der Waals surface area contributed by atoms with Crippen LogP contribution in [0.2, 0.25) is 0 Å². The number of rotatable bonds is 4. The number of aromatic nitrogens is 3. The Hall–Kier alpha value is -2.06. The quantitative estimate of drug-likeness (QED) is 0.788. The van der Waals surface area contributed by atoms with Gasteiger partial charge < -0.3 is 0 Å². The van der Waals surface area contributed by atoms with Gasteiger partial charge in [0.1, 0.15) is 0 Å². The Morgan fingerprint density at radius 3 is 2.41 bits per heavy atom. The highest BCUT2D eigenvalue weighted by atomic mass is 32.2. The minimum Gasteiger partial charge on any atom is -0.295 e. The van der Waals surface area contributed by atoms with Crippen molar-refractivity contribution < 1.29 is 13.2 Å². The van der Waals surface area contributed by atoms with E-state index < -0.39 is 10.0 Å². The zero-order valence-corrected chi connectivity index (χ0v) is 12.9. The van der Waals surface area contributed by atoms with Crippen LogP contribution in [0.3, 0.4) is 0 Å². The highest BCUT2D eigenvalue weighted by molar-refractivity contribution is 7.89. The summed E-state index contributed by atoms with van der Waals surface area (Å²) in [6.45, 7) is 2.24. The molecule has 116 valence electrons. The summed E-state index contributed by atoms with van der Waals surface area (Å²) in [7, 11) is -3.55. The van der Waals surface area contributed by atoms with E-state index in [1.54, 1.807) is 17.2 Å². The second kappa shape index (κ2) is 5.62. The summed E-state index contributed by atoms with van der Waals surface area (Å²) in [6, 6.07) is 5.99. The van der Waals surface area contributed by atoms with Gasteiger partial charge in [0.2, 0.25) is 10.0 Å². The molecule has 1 fully saturated rings. The molecule has 1 aliphatic heterocycles. The molecule has 1 aliphatic rings. The van der Waals surface area contributed by atoms with Crippen LogP contribution in [0.1, 0.15) is 29.7 Å². The van der Waals surface area contributed by atoms with Crippen molar-refractivity contribution in [3.05, 3.63) is 42.2 Å². The van der Waals surface area contributed by atoms with E-state index in [0.717, 1.165) is 0 Å². The molecule has 0 spiro atoms. The van der Waals surface area contributed by atoms with E-state index in [4.69, 9.17) is 0 Å². The van der Waals surface area contributed by atoms with Crippen molar-refractivity contribution in [3.63, 3.8) is 0 Å². The van der Waals surface area contributed by atoms with Gasteiger partial charge in [0, 0.05) is 18.7 Å². The number of ketones is 1. The first-order valence-corrected chi connectivity index (χ1v) is 8.39. The van der Waals surface area contributed by atoms with Crippen molar-refractivity contribution >= 4 is 15.8 Å². The van der Waals surface area contributed by atoms with Crippen molar-refractivity contribution in [2.45, 2.75) is 24.3 Å². The van der Waals surface area contributed by atoms with E-state index in [1.165, 1.54) is 35.5 Å². The Bertz CT molecular complexity index is 769. The molecule has 0 radical (unpaired) electrons. The van der Waals surface area contributed by atoms with Crippen molar-refractivity contribution in [1.29, 1.82) is 0 Å². The van der Waals surface area contributed by atoms with E-state index in [0.29, 0.717) is 25.1 Å². The predicted molar refractivity (Wildman–Crippen MR) is 78.9 cm³/mol. The van der Waals surface area contributed by atoms with E-state index in [9.17, 15) is 13.2 Å². The smallest absolute Gasteiger partial charge is 0.243 e. The second-order valence-electron chi connectivity index (χ2n) is 5.24. The number of hydrogen-bond donors (Lipinski definition) is 0. The molecule has 1 unspecified atom stereocenters. The van der Waals surface area contributed by atoms with Gasteiger partial charge in [-0.05, 0) is 25.5 Å². The van der Waals surface area contributed by atoms with Crippen LogP contribution in [-0.4, -0.2) is 46.6 Å². The summed E-state index contributed by atoms with van der Waals surface area (Å²) in [5, 5.41) is 8.13. The first-order valence-electron chi connectivity index (χ1n) is 6.95. The molecular formula is C14H16N4O3S. The minimum absolute atomic E-state index is 0.0405. The fourth-order valence-electron chi connectivity index (χ4n) is 2.54. The van der Waals surface area contributed by atoms with Gasteiger partial charge in [-0.1, -0.05) is 12.1 Å². The van der Waals surface area contributed by atoms with Crippen molar-refractivity contribution in [3.8, 4) is 0 Å². The molecule has 1 aromatic carbocycles. The largest absolute Gasteiger partial charge is 0.295 e. The highest BCUT2D eigenvalue weighted by Crippen LogP contribution is 2.26. The summed E-state index contributed by atoms with van der Waals surface area (Å²) in [5.74, 6) is -0.0880. The SMILES string of the molecule is CC(=O)c1ccc(S(=O)(=O)N2CCC(n3nccn3)C2)cc1. The van der Waals surface area contributed by atoms with E-state index in [-0.39, 0.29) is 16.7 Å². The molecule has 0 saturated carbocycles. The number of carbonyl (C=O) groups is 1. The lowest BCUT2D eigenvalue weighted by molar-refractivity contribution is 0.101. The maximum Gasteiger partial charge on any atom is 0.243 e. The van der Waals surface area contributed by atoms with E-state index in [1.807, 2.05) is 0 Å². The average molecular weight is 320 g/mol. The topological polar surface area (TPSA) is 85.2 Å². The lowest BCUT2D eigenvalue weighted by Gasteiger charge is -2.16. The fourth-order valence-corrected chi connectivity index (χ4v) is 4.04. The van der Waals surface area contributed by atoms with Crippen LogP contribution in [0.15, 0.2) is 41.6 Å². The molecular weight excluding hydrogens is 304 g/mol. The van der Waals surface area contributed by atoms with E-state index in [2.05, 4.69) is 10.2 Å². The van der Waals surface area contributed by atoms with E-state index >= 15 is 0 Å². The lowest BCUT2D eigenvalue weighted by Crippen LogP contribution is -2.29. The maximum absolute atomic E-state index is 12.6. The molecule has 2 heterocycles. The summed E-state index contributed by atoms with van der Waals surface area (Å²) in [5.41, 5.74) is 0.499. The summed E-state index contributed by atoms with van der Waals surface area (Å²) in [6.07, 6.45) is 3.84. The third kappa shape index (κ3) is 2.67. The van der Waals surface area contributed by atoms with Gasteiger partial charge in [0.05, 0.1) is 23.3 Å². The van der Waals surface area contributed by atoms with Gasteiger partial charge in [-0.25, -0.2) is 8.42 Å². The lowest BCUT2D eigenvalue weighted by atomic mass is 10.2. The number of Topliss-reactive ketones (excluding diaryl/α,β-unsaturated/α-hetero) is 1. The summed E-state index contributed by atoms with van der Waals surface area (Å²) >= 11 is 0. The third-order valence-corrected chi connectivity index (χ3v) is 5.67. The van der Waals surface area contributed by atoms with Crippen LogP contribution in [0, 0.1) is 0 Å². The van der Waals surface area contributed by atoms with Crippen LogP contribution >= 0.6 is 0 Å². The predicted octanol–water partition coefficient (Wildman–Crippen LogP) is 1.12. The van der Waals surface area contributed by atoms with Gasteiger partial charge in [-0.3, -0.25) is 4.79 Å². The molecule has 0 bridgehead atoms. The number of sulfonamides is 1. The first kappa shape index (κ1) is 14.9. The van der Waals surface area contributed by atoms with Gasteiger partial charge in [0.25, 0.3) is 0 Å². The van der Waals surface area contributed by atoms with Crippen LogP contribution in [0.5, 0.6) is 0 Å². The van der Waals surface area contributed by atoms with Gasteiger partial charge in [-0.2, -0.15) is 19.3 Å². The molecule has 1 saturated heterocycles. The fraction of sp³-hybridized carbons (Fsp3) is 0.357. The number of carbonyl (C=O) groups excluding carboxylic acids is 1. The normalized spacial score (nSPS) is 19.4. The number of hydrogen-bond acceptors (Lipinski definition) is 5. The monoisotopic (exact) mass is 320 g/mol. The van der Waals surface area contributed by atoms with Crippen LogP contribution in [0.4, 0.5) is 0 Å². The zero-order valence-electron chi connectivity index (χ0n) is 12.1. The first-order chi connectivity index (χ1) is 10.5. The van der Waals surface area contributed by atoms with Crippen LogP contribution in [-0.2, 0) is 10.0 Å². The Kier molecular flexibility index (Phi) is 3.79. The third-order valence-electron chi connectivity index (χ3n) is 3.79. The molecule has 0 aliphatic carbocycles. The van der Waals surface area contributed by atoms with Crippen molar-refractivity contribution in [2.24, 2.45) is 0 Å². The van der Waals surface area contributed by atoms with Gasteiger partial charge in [0.15, 0.2) is 5.78 Å². The molecule has 22 heavy (non-hydrogen) atoms. The second-order valence-corrected chi connectivity index (χ2v) is 7.17. The van der Waals surface area contributed by atoms with Gasteiger partial charge >= 0.3 is 0 Å². The summed E-state index contributed by atoms with van der Waals surface area (Å²) in [4.78, 5) is 13.0. The Morgan fingerprint density at radius 1 is 1.18 bits per heavy atom.